The Hall–Kier alpha value is -0.890. The van der Waals surface area contributed by atoms with E-state index < -0.39 is 0 Å². The molecule has 0 spiro atoms. The molecule has 3 nitrogen and oxygen atoms in total. The van der Waals surface area contributed by atoms with Crippen molar-refractivity contribution in [2.24, 2.45) is 0 Å². The van der Waals surface area contributed by atoms with Crippen molar-refractivity contribution in [1.82, 2.24) is 5.32 Å². The number of ether oxygens (including phenoxy) is 1. The lowest BCUT2D eigenvalue weighted by Gasteiger charge is -2.22. The molecular weight excluding hydrogens is 208 g/mol. The summed E-state index contributed by atoms with van der Waals surface area (Å²) in [5.74, 6) is 0. The van der Waals surface area contributed by atoms with Crippen LogP contribution in [0.4, 0.5) is 0 Å². The van der Waals surface area contributed by atoms with Crippen molar-refractivity contribution in [3.8, 4) is 6.07 Å². The molecule has 15 heavy (non-hydrogen) atoms. The lowest BCUT2D eigenvalue weighted by Crippen LogP contribution is -2.36. The summed E-state index contributed by atoms with van der Waals surface area (Å²) < 4.78 is 5.29. The van der Waals surface area contributed by atoms with Gasteiger partial charge in [0.1, 0.15) is 10.9 Å². The third-order valence-electron chi connectivity index (χ3n) is 2.17. The molecule has 0 atom stereocenters. The number of hydrogen-bond donors (Lipinski definition) is 1. The number of hydrogen-bond acceptors (Lipinski definition) is 4. The molecular formula is C11H16N2OS. The highest BCUT2D eigenvalue weighted by Gasteiger charge is 2.15. The van der Waals surface area contributed by atoms with Crippen LogP contribution in [-0.4, -0.2) is 19.3 Å². The molecule has 0 aliphatic rings. The van der Waals surface area contributed by atoms with Gasteiger partial charge in [-0.15, -0.1) is 11.3 Å². The molecule has 0 aromatic carbocycles. The molecule has 1 aromatic rings. The molecule has 0 saturated heterocycles. The van der Waals surface area contributed by atoms with E-state index in [2.05, 4.69) is 11.4 Å². The van der Waals surface area contributed by atoms with Gasteiger partial charge < -0.3 is 10.1 Å². The SMILES string of the molecule is COC(C)(C)CNCc1ccc(C#N)s1. The van der Waals surface area contributed by atoms with E-state index in [1.54, 1.807) is 7.11 Å². The van der Waals surface area contributed by atoms with Crippen LogP contribution in [0.2, 0.25) is 0 Å². The van der Waals surface area contributed by atoms with Crippen molar-refractivity contribution in [3.05, 3.63) is 21.9 Å². The van der Waals surface area contributed by atoms with Crippen molar-refractivity contribution < 1.29 is 4.74 Å². The Bertz CT molecular complexity index is 352. The van der Waals surface area contributed by atoms with Crippen LogP contribution in [0, 0.1) is 11.3 Å². The zero-order valence-corrected chi connectivity index (χ0v) is 10.1. The Morgan fingerprint density at radius 1 is 1.53 bits per heavy atom. The van der Waals surface area contributed by atoms with Gasteiger partial charge in [0.2, 0.25) is 0 Å². The van der Waals surface area contributed by atoms with E-state index in [1.165, 1.54) is 16.2 Å². The fourth-order valence-electron chi connectivity index (χ4n) is 1.09. The Labute approximate surface area is 94.7 Å². The monoisotopic (exact) mass is 224 g/mol. The second-order valence-electron chi connectivity index (χ2n) is 3.95. The lowest BCUT2D eigenvalue weighted by atomic mass is 10.1. The number of nitrogens with one attached hydrogen (secondary N) is 1. The molecule has 0 amide bonds. The van der Waals surface area contributed by atoms with Crippen molar-refractivity contribution >= 4 is 11.3 Å². The third kappa shape index (κ3) is 4.00. The summed E-state index contributed by atoms with van der Waals surface area (Å²) in [6, 6.07) is 5.96. The summed E-state index contributed by atoms with van der Waals surface area (Å²) in [6.45, 7) is 5.66. The first-order valence-electron chi connectivity index (χ1n) is 4.82. The van der Waals surface area contributed by atoms with Gasteiger partial charge in [0.25, 0.3) is 0 Å². The van der Waals surface area contributed by atoms with Crippen LogP contribution < -0.4 is 5.32 Å². The Morgan fingerprint density at radius 3 is 2.80 bits per heavy atom. The van der Waals surface area contributed by atoms with E-state index in [0.29, 0.717) is 0 Å². The maximum absolute atomic E-state index is 8.66. The maximum atomic E-state index is 8.66. The Balaban J connectivity index is 2.35. The van der Waals surface area contributed by atoms with Crippen molar-refractivity contribution in [3.63, 3.8) is 0 Å². The number of thiophene rings is 1. The molecule has 1 N–H and O–H groups in total. The first-order valence-corrected chi connectivity index (χ1v) is 5.64. The van der Waals surface area contributed by atoms with Gasteiger partial charge in [-0.05, 0) is 26.0 Å². The minimum absolute atomic E-state index is 0.144. The van der Waals surface area contributed by atoms with Gasteiger partial charge in [-0.1, -0.05) is 0 Å². The molecule has 0 aliphatic carbocycles. The fraction of sp³-hybridized carbons (Fsp3) is 0.545. The van der Waals surface area contributed by atoms with E-state index >= 15 is 0 Å². The first kappa shape index (κ1) is 12.2. The van der Waals surface area contributed by atoms with Crippen molar-refractivity contribution in [2.75, 3.05) is 13.7 Å². The Kier molecular flexibility index (Phi) is 4.28. The summed E-state index contributed by atoms with van der Waals surface area (Å²) in [6.07, 6.45) is 0. The van der Waals surface area contributed by atoms with Crippen LogP contribution in [-0.2, 0) is 11.3 Å². The van der Waals surface area contributed by atoms with Gasteiger partial charge in [-0.25, -0.2) is 0 Å². The number of nitrogens with zero attached hydrogens (tertiary/aromatic N) is 1. The summed E-state index contributed by atoms with van der Waals surface area (Å²) in [5.41, 5.74) is -0.144. The quantitative estimate of drug-likeness (QED) is 0.833. The van der Waals surface area contributed by atoms with Crippen LogP contribution in [0.15, 0.2) is 12.1 Å². The van der Waals surface area contributed by atoms with Gasteiger partial charge in [0.05, 0.1) is 5.60 Å². The summed E-state index contributed by atoms with van der Waals surface area (Å²) >= 11 is 1.53. The van der Waals surface area contributed by atoms with Crippen LogP contribution in [0.5, 0.6) is 0 Å². The van der Waals surface area contributed by atoms with Gasteiger partial charge in [-0.3, -0.25) is 0 Å². The van der Waals surface area contributed by atoms with E-state index in [0.717, 1.165) is 18.0 Å². The lowest BCUT2D eigenvalue weighted by molar-refractivity contribution is 0.0231. The summed E-state index contributed by atoms with van der Waals surface area (Å²) in [4.78, 5) is 1.94. The largest absolute Gasteiger partial charge is 0.377 e. The smallest absolute Gasteiger partial charge is 0.110 e. The van der Waals surface area contributed by atoms with Gasteiger partial charge in [0, 0.05) is 25.1 Å². The maximum Gasteiger partial charge on any atom is 0.110 e. The zero-order valence-electron chi connectivity index (χ0n) is 9.33. The summed E-state index contributed by atoms with van der Waals surface area (Å²) in [5, 5.41) is 12.0. The van der Waals surface area contributed by atoms with Crippen molar-refractivity contribution in [2.45, 2.75) is 26.0 Å². The van der Waals surface area contributed by atoms with Crippen molar-refractivity contribution in [1.29, 1.82) is 5.26 Å². The standard InChI is InChI=1S/C11H16N2OS/c1-11(2,14-3)8-13-7-10-5-4-9(6-12)15-10/h4-5,13H,7-8H2,1-3H3. The average Bonchev–Trinajstić information content (AvgIpc) is 2.66. The highest BCUT2D eigenvalue weighted by molar-refractivity contribution is 7.12. The van der Waals surface area contributed by atoms with Gasteiger partial charge >= 0.3 is 0 Å². The van der Waals surface area contributed by atoms with E-state index in [4.69, 9.17) is 10.00 Å². The van der Waals surface area contributed by atoms with Crippen LogP contribution >= 0.6 is 11.3 Å². The topological polar surface area (TPSA) is 45.0 Å². The normalized spacial score (nSPS) is 11.3. The second kappa shape index (κ2) is 5.26. The summed E-state index contributed by atoms with van der Waals surface area (Å²) in [7, 11) is 1.71. The molecule has 0 unspecified atom stereocenters. The molecule has 0 bridgehead atoms. The van der Waals surface area contributed by atoms with Crippen LogP contribution in [0.3, 0.4) is 0 Å². The molecule has 0 aliphatic heterocycles. The van der Waals surface area contributed by atoms with E-state index in [1.807, 2.05) is 26.0 Å². The van der Waals surface area contributed by atoms with Crippen LogP contribution in [0.1, 0.15) is 23.6 Å². The Morgan fingerprint density at radius 2 is 2.27 bits per heavy atom. The minimum atomic E-state index is -0.144. The van der Waals surface area contributed by atoms with E-state index in [9.17, 15) is 0 Å². The molecule has 0 radical (unpaired) electrons. The highest BCUT2D eigenvalue weighted by Crippen LogP contribution is 2.15. The highest BCUT2D eigenvalue weighted by atomic mass is 32.1. The molecule has 1 rings (SSSR count). The first-order chi connectivity index (χ1) is 7.07. The van der Waals surface area contributed by atoms with E-state index in [-0.39, 0.29) is 5.60 Å². The second-order valence-corrected chi connectivity index (χ2v) is 5.11. The number of methoxy groups -OCH3 is 1. The van der Waals surface area contributed by atoms with Gasteiger partial charge in [0.15, 0.2) is 0 Å². The van der Waals surface area contributed by atoms with Gasteiger partial charge in [-0.2, -0.15) is 5.26 Å². The molecule has 1 aromatic heterocycles. The average molecular weight is 224 g/mol. The minimum Gasteiger partial charge on any atom is -0.377 e. The molecule has 0 saturated carbocycles. The zero-order chi connectivity index (χ0) is 11.3. The van der Waals surface area contributed by atoms with Crippen LogP contribution in [0.25, 0.3) is 0 Å². The fourth-order valence-corrected chi connectivity index (χ4v) is 1.87. The molecule has 0 fully saturated rings. The molecule has 1 heterocycles. The third-order valence-corrected chi connectivity index (χ3v) is 3.16. The predicted octanol–water partition coefficient (Wildman–Crippen LogP) is 2.13. The molecule has 4 heteroatoms. The predicted molar refractivity (Wildman–Crippen MR) is 61.8 cm³/mol. The number of rotatable bonds is 5. The number of nitriles is 1. The molecule has 82 valence electrons.